The number of pyridine rings is 3. The van der Waals surface area contributed by atoms with Gasteiger partial charge < -0.3 is 10.1 Å². The summed E-state index contributed by atoms with van der Waals surface area (Å²) in [5.41, 5.74) is 3.33. The number of rotatable bonds is 9. The fraction of sp³-hybridized carbons (Fsp3) is 0.240. The zero-order chi connectivity index (χ0) is 22.3. The molecule has 0 spiro atoms. The summed E-state index contributed by atoms with van der Waals surface area (Å²) < 4.78 is 7.29. The Balaban J connectivity index is 1.46. The molecule has 0 fully saturated rings. The van der Waals surface area contributed by atoms with E-state index in [2.05, 4.69) is 23.3 Å². The number of benzene rings is 1. The molecule has 4 rings (SSSR count). The Hall–Kier alpha value is -3.22. The molecule has 0 saturated carbocycles. The third kappa shape index (κ3) is 5.52. The molecule has 0 atom stereocenters. The molecule has 3 aromatic heterocycles. The molecule has 0 aliphatic heterocycles. The van der Waals surface area contributed by atoms with Crippen LogP contribution in [0.1, 0.15) is 24.7 Å². The third-order valence-electron chi connectivity index (χ3n) is 5.06. The van der Waals surface area contributed by atoms with Crippen LogP contribution in [0.4, 0.5) is 0 Å². The maximum Gasteiger partial charge on any atom is 0.258 e. The SMILES string of the molecule is CCCNCCc1ccc2cc(-n3ccc(OCc4ccc(Cl)cn4)cc3=O)ccc2n1. The second-order valence-electron chi connectivity index (χ2n) is 7.51. The third-order valence-corrected chi connectivity index (χ3v) is 5.28. The standard InChI is InChI=1S/C25H25ClN4O2/c1-2-11-27-12-9-20-5-3-18-14-22(7-8-24(18)29-20)30-13-10-23(15-25(30)31)32-17-21-6-4-19(26)16-28-21/h3-8,10,13-16,27H,2,9,11-12,17H2,1H3. The normalized spacial score (nSPS) is 11.1. The van der Waals surface area contributed by atoms with Crippen molar-refractivity contribution in [1.82, 2.24) is 19.9 Å². The molecule has 164 valence electrons. The lowest BCUT2D eigenvalue weighted by molar-refractivity contribution is 0.300. The topological polar surface area (TPSA) is 69.0 Å². The van der Waals surface area contributed by atoms with E-state index in [1.165, 1.54) is 6.07 Å². The van der Waals surface area contributed by atoms with Gasteiger partial charge in [-0.3, -0.25) is 19.3 Å². The predicted molar refractivity (Wildman–Crippen MR) is 128 cm³/mol. The highest BCUT2D eigenvalue weighted by Gasteiger charge is 2.06. The maximum atomic E-state index is 12.7. The minimum absolute atomic E-state index is 0.169. The predicted octanol–water partition coefficient (Wildman–Crippen LogP) is 4.56. The van der Waals surface area contributed by atoms with Crippen LogP contribution in [0.2, 0.25) is 5.02 Å². The Morgan fingerprint density at radius 1 is 1.03 bits per heavy atom. The van der Waals surface area contributed by atoms with Gasteiger partial charge in [0.05, 0.1) is 16.2 Å². The summed E-state index contributed by atoms with van der Waals surface area (Å²) in [7, 11) is 0. The number of aromatic nitrogens is 3. The van der Waals surface area contributed by atoms with Gasteiger partial charge in [-0.25, -0.2) is 0 Å². The molecule has 0 radical (unpaired) electrons. The van der Waals surface area contributed by atoms with Gasteiger partial charge in [0.25, 0.3) is 5.56 Å². The molecule has 3 heterocycles. The lowest BCUT2D eigenvalue weighted by atomic mass is 10.1. The smallest absolute Gasteiger partial charge is 0.258 e. The van der Waals surface area contributed by atoms with Gasteiger partial charge in [-0.15, -0.1) is 0 Å². The van der Waals surface area contributed by atoms with Gasteiger partial charge >= 0.3 is 0 Å². The Labute approximate surface area is 191 Å². The van der Waals surface area contributed by atoms with Crippen LogP contribution in [0.15, 0.2) is 71.8 Å². The molecule has 32 heavy (non-hydrogen) atoms. The minimum Gasteiger partial charge on any atom is -0.487 e. The molecular weight excluding hydrogens is 424 g/mol. The van der Waals surface area contributed by atoms with E-state index in [1.807, 2.05) is 24.3 Å². The van der Waals surface area contributed by atoms with E-state index in [0.29, 0.717) is 10.8 Å². The zero-order valence-corrected chi connectivity index (χ0v) is 18.7. The molecular formula is C25H25ClN4O2. The van der Waals surface area contributed by atoms with Gasteiger partial charge in [0.2, 0.25) is 0 Å². The van der Waals surface area contributed by atoms with Crippen molar-refractivity contribution in [2.24, 2.45) is 0 Å². The fourth-order valence-corrected chi connectivity index (χ4v) is 3.49. The van der Waals surface area contributed by atoms with E-state index < -0.39 is 0 Å². The first-order valence-electron chi connectivity index (χ1n) is 10.7. The highest BCUT2D eigenvalue weighted by Crippen LogP contribution is 2.18. The summed E-state index contributed by atoms with van der Waals surface area (Å²) in [6, 6.07) is 16.7. The van der Waals surface area contributed by atoms with Crippen molar-refractivity contribution < 1.29 is 4.74 Å². The molecule has 0 bridgehead atoms. The van der Waals surface area contributed by atoms with Crippen LogP contribution in [0.5, 0.6) is 5.75 Å². The van der Waals surface area contributed by atoms with Crippen molar-refractivity contribution in [3.63, 3.8) is 0 Å². The van der Waals surface area contributed by atoms with Crippen molar-refractivity contribution in [1.29, 1.82) is 0 Å². The summed E-state index contributed by atoms with van der Waals surface area (Å²) in [5, 5.41) is 4.96. The number of hydrogen-bond donors (Lipinski definition) is 1. The lowest BCUT2D eigenvalue weighted by Gasteiger charge is -2.10. The molecule has 1 aromatic carbocycles. The van der Waals surface area contributed by atoms with Gasteiger partial charge in [0, 0.05) is 48.2 Å². The summed E-state index contributed by atoms with van der Waals surface area (Å²) >= 11 is 5.85. The molecule has 0 amide bonds. The van der Waals surface area contributed by atoms with Crippen molar-refractivity contribution in [3.8, 4) is 11.4 Å². The highest BCUT2D eigenvalue weighted by molar-refractivity contribution is 6.30. The number of fused-ring (bicyclic) bond motifs is 1. The van der Waals surface area contributed by atoms with Crippen LogP contribution in [0, 0.1) is 0 Å². The largest absolute Gasteiger partial charge is 0.487 e. The van der Waals surface area contributed by atoms with Gasteiger partial charge in [-0.2, -0.15) is 0 Å². The zero-order valence-electron chi connectivity index (χ0n) is 17.9. The van der Waals surface area contributed by atoms with E-state index in [4.69, 9.17) is 21.3 Å². The van der Waals surface area contributed by atoms with Crippen LogP contribution in [-0.4, -0.2) is 27.6 Å². The van der Waals surface area contributed by atoms with E-state index >= 15 is 0 Å². The van der Waals surface area contributed by atoms with Crippen LogP contribution in [0.3, 0.4) is 0 Å². The van der Waals surface area contributed by atoms with Crippen molar-refractivity contribution in [2.45, 2.75) is 26.4 Å². The average Bonchev–Trinajstić information content (AvgIpc) is 2.81. The number of nitrogens with one attached hydrogen (secondary N) is 1. The molecule has 0 saturated heterocycles. The lowest BCUT2D eigenvalue weighted by Crippen LogP contribution is -2.18. The Morgan fingerprint density at radius 3 is 2.69 bits per heavy atom. The molecule has 4 aromatic rings. The Bertz CT molecular complexity index is 1260. The number of halogens is 1. The van der Waals surface area contributed by atoms with Crippen LogP contribution in [0.25, 0.3) is 16.6 Å². The summed E-state index contributed by atoms with van der Waals surface area (Å²) in [5.74, 6) is 0.492. The Kier molecular flexibility index (Phi) is 7.14. The molecule has 0 unspecified atom stereocenters. The average molecular weight is 449 g/mol. The van der Waals surface area contributed by atoms with Gasteiger partial charge in [-0.05, 0) is 55.4 Å². The van der Waals surface area contributed by atoms with Crippen LogP contribution < -0.4 is 15.6 Å². The molecule has 0 aliphatic carbocycles. The fourth-order valence-electron chi connectivity index (χ4n) is 3.38. The van der Waals surface area contributed by atoms with Crippen molar-refractivity contribution >= 4 is 22.5 Å². The molecule has 0 aliphatic rings. The molecule has 7 heteroatoms. The first-order chi connectivity index (χ1) is 15.6. The minimum atomic E-state index is -0.169. The number of nitrogens with zero attached hydrogens (tertiary/aromatic N) is 3. The van der Waals surface area contributed by atoms with Gasteiger partial charge in [-0.1, -0.05) is 24.6 Å². The second kappa shape index (κ2) is 10.4. The van der Waals surface area contributed by atoms with E-state index in [0.717, 1.165) is 53.9 Å². The van der Waals surface area contributed by atoms with E-state index in [1.54, 1.807) is 35.2 Å². The Morgan fingerprint density at radius 2 is 1.91 bits per heavy atom. The van der Waals surface area contributed by atoms with Crippen LogP contribution in [-0.2, 0) is 13.0 Å². The number of ether oxygens (including phenoxy) is 1. The quantitative estimate of drug-likeness (QED) is 0.380. The van der Waals surface area contributed by atoms with Gasteiger partial charge in [0.1, 0.15) is 12.4 Å². The van der Waals surface area contributed by atoms with E-state index in [9.17, 15) is 4.79 Å². The second-order valence-corrected chi connectivity index (χ2v) is 7.94. The van der Waals surface area contributed by atoms with E-state index in [-0.39, 0.29) is 12.2 Å². The molecule has 1 N–H and O–H groups in total. The van der Waals surface area contributed by atoms with Crippen molar-refractivity contribution in [3.05, 3.63) is 93.8 Å². The molecule has 6 nitrogen and oxygen atoms in total. The summed E-state index contributed by atoms with van der Waals surface area (Å²) in [6.45, 7) is 4.36. The van der Waals surface area contributed by atoms with Gasteiger partial charge in [0.15, 0.2) is 0 Å². The van der Waals surface area contributed by atoms with Crippen LogP contribution >= 0.6 is 11.6 Å². The first-order valence-corrected chi connectivity index (χ1v) is 11.1. The summed E-state index contributed by atoms with van der Waals surface area (Å²) in [6.07, 6.45) is 5.30. The monoisotopic (exact) mass is 448 g/mol. The van der Waals surface area contributed by atoms with Crippen molar-refractivity contribution in [2.75, 3.05) is 13.1 Å². The maximum absolute atomic E-state index is 12.7. The highest BCUT2D eigenvalue weighted by atomic mass is 35.5. The summed E-state index contributed by atoms with van der Waals surface area (Å²) in [4.78, 5) is 21.6. The first kappa shape index (κ1) is 22.0. The number of hydrogen-bond acceptors (Lipinski definition) is 5.